The van der Waals surface area contributed by atoms with E-state index in [9.17, 15) is 32.6 Å². The lowest BCUT2D eigenvalue weighted by atomic mass is 10.1. The van der Waals surface area contributed by atoms with Crippen molar-refractivity contribution in [1.82, 2.24) is 9.21 Å². The monoisotopic (exact) mass is 404 g/mol. The minimum absolute atomic E-state index is 0.118. The minimum Gasteiger partial charge on any atom is -0.480 e. The van der Waals surface area contributed by atoms with Crippen LogP contribution >= 0.6 is 11.8 Å². The molecule has 0 aromatic heterocycles. The maximum atomic E-state index is 13.1. The van der Waals surface area contributed by atoms with Crippen LogP contribution in [0.1, 0.15) is 6.42 Å². The van der Waals surface area contributed by atoms with Crippen LogP contribution in [0.4, 0.5) is 4.39 Å². The molecule has 1 aromatic carbocycles. The molecule has 3 rings (SSSR count). The molecule has 2 aliphatic rings. The zero-order chi connectivity index (χ0) is 19.1. The van der Waals surface area contributed by atoms with E-state index >= 15 is 0 Å². The number of sulfonamides is 1. The van der Waals surface area contributed by atoms with Gasteiger partial charge in [-0.3, -0.25) is 4.79 Å². The number of β-amino-alcohol motifs (C(OH)–C–C–N with tert-alkyl or cyclic N) is 1. The average Bonchev–Trinajstić information content (AvgIpc) is 3.21. The van der Waals surface area contributed by atoms with E-state index < -0.39 is 45.9 Å². The van der Waals surface area contributed by atoms with Gasteiger partial charge in [0.05, 0.1) is 16.9 Å². The summed E-state index contributed by atoms with van der Waals surface area (Å²) in [4.78, 5) is 25.1. The van der Waals surface area contributed by atoms with Crippen LogP contribution in [0.3, 0.4) is 0 Å². The molecule has 2 aliphatic heterocycles. The van der Waals surface area contributed by atoms with Crippen molar-refractivity contribution in [3.05, 3.63) is 30.1 Å². The highest BCUT2D eigenvalue weighted by Gasteiger charge is 2.47. The van der Waals surface area contributed by atoms with E-state index in [-0.39, 0.29) is 29.5 Å². The molecule has 3 atom stereocenters. The Kier molecular flexibility index (Phi) is 5.24. The molecule has 2 saturated heterocycles. The Balaban J connectivity index is 1.90. The molecule has 2 fully saturated rings. The first-order valence-corrected chi connectivity index (χ1v) is 10.4. The molecule has 1 aromatic rings. The highest BCUT2D eigenvalue weighted by atomic mass is 32.2. The Morgan fingerprint density at radius 1 is 1.19 bits per heavy atom. The molecule has 0 bridgehead atoms. The van der Waals surface area contributed by atoms with Crippen LogP contribution in [0.2, 0.25) is 0 Å². The predicted octanol–water partition coefficient (Wildman–Crippen LogP) is -0.0643. The Hall–Kier alpha value is -1.69. The van der Waals surface area contributed by atoms with Gasteiger partial charge in [0.25, 0.3) is 0 Å². The van der Waals surface area contributed by atoms with Crippen molar-refractivity contribution < 1.29 is 32.6 Å². The van der Waals surface area contributed by atoms with Gasteiger partial charge in [0, 0.05) is 18.7 Å². The Morgan fingerprint density at radius 2 is 1.85 bits per heavy atom. The van der Waals surface area contributed by atoms with Gasteiger partial charge < -0.3 is 15.1 Å². The Morgan fingerprint density at radius 3 is 2.46 bits per heavy atom. The second-order valence-electron chi connectivity index (χ2n) is 6.10. The van der Waals surface area contributed by atoms with Gasteiger partial charge in [-0.15, -0.1) is 11.8 Å². The van der Waals surface area contributed by atoms with Gasteiger partial charge >= 0.3 is 5.97 Å². The summed E-state index contributed by atoms with van der Waals surface area (Å²) < 4.78 is 39.6. The topological polar surface area (TPSA) is 115 Å². The molecule has 1 amide bonds. The van der Waals surface area contributed by atoms with Crippen molar-refractivity contribution >= 4 is 33.7 Å². The summed E-state index contributed by atoms with van der Waals surface area (Å²) in [5.74, 6) is -2.04. The van der Waals surface area contributed by atoms with Gasteiger partial charge in [-0.05, 0) is 24.3 Å². The van der Waals surface area contributed by atoms with E-state index in [0.717, 1.165) is 33.5 Å². The lowest BCUT2D eigenvalue weighted by Crippen LogP contribution is -2.51. The normalized spacial score (nSPS) is 27.0. The number of halogens is 1. The van der Waals surface area contributed by atoms with Crippen LogP contribution in [0.15, 0.2) is 29.2 Å². The number of hydrogen-bond acceptors (Lipinski definition) is 6. The maximum Gasteiger partial charge on any atom is 0.327 e. The van der Waals surface area contributed by atoms with Crippen LogP contribution in [0.5, 0.6) is 0 Å². The standard InChI is InChI=1S/C15H17FN2O6S2/c16-9-1-3-11(4-2-9)26(23,24)18-6-10(19)5-12(18)14(20)17-8-25-7-13(17)15(21)22/h1-4,10,12-13,19H,5-8H2,(H,21,22). The summed E-state index contributed by atoms with van der Waals surface area (Å²) in [5, 5.41) is 19.2. The molecule has 3 unspecified atom stereocenters. The summed E-state index contributed by atoms with van der Waals surface area (Å²) in [5.41, 5.74) is 0. The van der Waals surface area contributed by atoms with Crippen molar-refractivity contribution in [1.29, 1.82) is 0 Å². The third-order valence-electron chi connectivity index (χ3n) is 4.39. The van der Waals surface area contributed by atoms with Crippen molar-refractivity contribution in [2.75, 3.05) is 18.2 Å². The summed E-state index contributed by atoms with van der Waals surface area (Å²) in [7, 11) is -4.14. The van der Waals surface area contributed by atoms with Crippen LogP contribution in [0, 0.1) is 5.82 Å². The number of carboxylic acid groups (broad SMARTS) is 1. The number of aliphatic hydroxyl groups excluding tert-OH is 1. The van der Waals surface area contributed by atoms with E-state index in [1.807, 2.05) is 0 Å². The third kappa shape index (κ3) is 3.43. The number of hydrogen-bond donors (Lipinski definition) is 2. The van der Waals surface area contributed by atoms with Crippen LogP contribution < -0.4 is 0 Å². The average molecular weight is 404 g/mol. The van der Waals surface area contributed by atoms with E-state index in [0.29, 0.717) is 0 Å². The molecule has 0 saturated carbocycles. The molecular formula is C15H17FN2O6S2. The number of aliphatic carboxylic acids is 1. The highest BCUT2D eigenvalue weighted by Crippen LogP contribution is 2.30. The molecule has 0 spiro atoms. The number of nitrogens with zero attached hydrogens (tertiary/aromatic N) is 2. The molecule has 2 N–H and O–H groups in total. The van der Waals surface area contributed by atoms with Gasteiger partial charge in [0.2, 0.25) is 15.9 Å². The largest absolute Gasteiger partial charge is 0.480 e. The van der Waals surface area contributed by atoms with Crippen molar-refractivity contribution in [2.24, 2.45) is 0 Å². The SMILES string of the molecule is O=C(O)C1CSCN1C(=O)C1CC(O)CN1S(=O)(=O)c1ccc(F)cc1. The van der Waals surface area contributed by atoms with Crippen molar-refractivity contribution in [2.45, 2.75) is 29.5 Å². The maximum absolute atomic E-state index is 13.1. The van der Waals surface area contributed by atoms with Gasteiger partial charge in [0.15, 0.2) is 0 Å². The molecule has 11 heteroatoms. The van der Waals surface area contributed by atoms with E-state index in [4.69, 9.17) is 0 Å². The van der Waals surface area contributed by atoms with Crippen LogP contribution in [-0.4, -0.2) is 76.1 Å². The Bertz CT molecular complexity index is 816. The smallest absolute Gasteiger partial charge is 0.327 e. The number of carbonyl (C=O) groups excluding carboxylic acids is 1. The molecule has 0 radical (unpaired) electrons. The van der Waals surface area contributed by atoms with Gasteiger partial charge in [-0.1, -0.05) is 0 Å². The number of carboxylic acids is 1. The molecule has 26 heavy (non-hydrogen) atoms. The lowest BCUT2D eigenvalue weighted by Gasteiger charge is -2.28. The van der Waals surface area contributed by atoms with E-state index in [2.05, 4.69) is 0 Å². The number of carbonyl (C=O) groups is 2. The number of aliphatic hydroxyl groups is 1. The summed E-state index contributed by atoms with van der Waals surface area (Å²) in [6, 6.07) is 1.94. The fourth-order valence-corrected chi connectivity index (χ4v) is 5.86. The fourth-order valence-electron chi connectivity index (χ4n) is 3.07. The zero-order valence-corrected chi connectivity index (χ0v) is 15.1. The predicted molar refractivity (Wildman–Crippen MR) is 90.3 cm³/mol. The molecule has 142 valence electrons. The summed E-state index contributed by atoms with van der Waals surface area (Å²) in [6.07, 6.45) is -1.16. The van der Waals surface area contributed by atoms with Gasteiger partial charge in [0.1, 0.15) is 17.9 Å². The van der Waals surface area contributed by atoms with Gasteiger partial charge in [-0.25, -0.2) is 17.6 Å². The number of amides is 1. The second-order valence-corrected chi connectivity index (χ2v) is 8.99. The van der Waals surface area contributed by atoms with Gasteiger partial charge in [-0.2, -0.15) is 4.31 Å². The first-order chi connectivity index (χ1) is 12.2. The third-order valence-corrected chi connectivity index (χ3v) is 7.29. The second kappa shape index (κ2) is 7.14. The summed E-state index contributed by atoms with van der Waals surface area (Å²) in [6.45, 7) is -0.283. The number of rotatable bonds is 4. The molecule has 2 heterocycles. The van der Waals surface area contributed by atoms with E-state index in [1.165, 1.54) is 11.8 Å². The quantitative estimate of drug-likeness (QED) is 0.722. The summed E-state index contributed by atoms with van der Waals surface area (Å²) >= 11 is 1.27. The zero-order valence-electron chi connectivity index (χ0n) is 13.5. The van der Waals surface area contributed by atoms with Crippen LogP contribution in [-0.2, 0) is 19.6 Å². The number of benzene rings is 1. The fraction of sp³-hybridized carbons (Fsp3) is 0.467. The lowest BCUT2D eigenvalue weighted by molar-refractivity contribution is -0.149. The van der Waals surface area contributed by atoms with Crippen molar-refractivity contribution in [3.8, 4) is 0 Å². The molecule has 0 aliphatic carbocycles. The number of thioether (sulfide) groups is 1. The molecular weight excluding hydrogens is 387 g/mol. The minimum atomic E-state index is -4.14. The van der Waals surface area contributed by atoms with Crippen molar-refractivity contribution in [3.63, 3.8) is 0 Å². The Labute approximate surface area is 153 Å². The first-order valence-electron chi connectivity index (χ1n) is 7.78. The van der Waals surface area contributed by atoms with Crippen LogP contribution in [0.25, 0.3) is 0 Å². The first kappa shape index (κ1) is 19.1. The van der Waals surface area contributed by atoms with E-state index in [1.54, 1.807) is 0 Å². The highest BCUT2D eigenvalue weighted by molar-refractivity contribution is 7.99. The molecule has 8 nitrogen and oxygen atoms in total.